The van der Waals surface area contributed by atoms with Crippen LogP contribution in [0.4, 0.5) is 4.39 Å². The topological polar surface area (TPSA) is 50.7 Å². The lowest BCUT2D eigenvalue weighted by molar-refractivity contribution is 0.0951. The molecular weight excluding hydrogens is 259 g/mol. The van der Waals surface area contributed by atoms with Gasteiger partial charge in [0.15, 0.2) is 0 Å². The van der Waals surface area contributed by atoms with E-state index in [1.165, 1.54) is 24.4 Å². The third-order valence-electron chi connectivity index (χ3n) is 2.59. The summed E-state index contributed by atoms with van der Waals surface area (Å²) in [5, 5.41) is 3.79. The zero-order chi connectivity index (χ0) is 14.4. The summed E-state index contributed by atoms with van der Waals surface area (Å²) < 4.78 is 18.4. The van der Waals surface area contributed by atoms with Crippen molar-refractivity contribution in [2.24, 2.45) is 5.10 Å². The summed E-state index contributed by atoms with van der Waals surface area (Å²) in [5.41, 5.74) is 2.99. The Kier molecular flexibility index (Phi) is 4.44. The molecule has 2 aromatic rings. The Balaban J connectivity index is 2.03. The van der Waals surface area contributed by atoms with Crippen LogP contribution < -0.4 is 10.2 Å². The average molecular weight is 272 g/mol. The smallest absolute Gasteiger partial charge is 0.274 e. The van der Waals surface area contributed by atoms with Gasteiger partial charge in [0.05, 0.1) is 18.9 Å². The Bertz CT molecular complexity index is 641. The van der Waals surface area contributed by atoms with Crippen LogP contribution in [0, 0.1) is 5.82 Å². The molecule has 0 aliphatic carbocycles. The monoisotopic (exact) mass is 272 g/mol. The van der Waals surface area contributed by atoms with Crippen LogP contribution in [-0.2, 0) is 0 Å². The maximum atomic E-state index is 13.4. The fraction of sp³-hybridized carbons (Fsp3) is 0.0667. The van der Waals surface area contributed by atoms with Gasteiger partial charge in [0.1, 0.15) is 11.6 Å². The lowest BCUT2D eigenvalue weighted by Gasteiger charge is -2.01. The van der Waals surface area contributed by atoms with Crippen molar-refractivity contribution in [1.29, 1.82) is 0 Å². The molecule has 20 heavy (non-hydrogen) atoms. The van der Waals surface area contributed by atoms with Gasteiger partial charge >= 0.3 is 0 Å². The summed E-state index contributed by atoms with van der Waals surface area (Å²) in [7, 11) is 1.57. The summed E-state index contributed by atoms with van der Waals surface area (Å²) in [6.07, 6.45) is 1.46. The standard InChI is InChI=1S/C15H13FN2O2/c1-20-12-6-4-5-11(9-12)10-17-18-15(19)13-7-2-3-8-14(13)16/h2-10H,1H3,(H,18,19)/b17-10-. The second-order valence-corrected chi connectivity index (χ2v) is 3.96. The zero-order valence-electron chi connectivity index (χ0n) is 10.8. The molecule has 0 aliphatic rings. The van der Waals surface area contributed by atoms with Crippen molar-refractivity contribution < 1.29 is 13.9 Å². The van der Waals surface area contributed by atoms with Gasteiger partial charge < -0.3 is 4.74 Å². The number of hydrogen-bond acceptors (Lipinski definition) is 3. The van der Waals surface area contributed by atoms with Crippen molar-refractivity contribution >= 4 is 12.1 Å². The van der Waals surface area contributed by atoms with E-state index in [0.29, 0.717) is 5.75 Å². The maximum absolute atomic E-state index is 13.4. The van der Waals surface area contributed by atoms with Crippen molar-refractivity contribution in [1.82, 2.24) is 5.43 Å². The SMILES string of the molecule is COc1cccc(/C=N\NC(=O)c2ccccc2F)c1. The Hall–Kier alpha value is -2.69. The maximum Gasteiger partial charge on any atom is 0.274 e. The highest BCUT2D eigenvalue weighted by Crippen LogP contribution is 2.10. The molecule has 5 heteroatoms. The van der Waals surface area contributed by atoms with E-state index in [-0.39, 0.29) is 5.56 Å². The normalized spacial score (nSPS) is 10.5. The Morgan fingerprint density at radius 1 is 1.25 bits per heavy atom. The van der Waals surface area contributed by atoms with Crippen molar-refractivity contribution in [3.63, 3.8) is 0 Å². The number of carbonyl (C=O) groups excluding carboxylic acids is 1. The second-order valence-electron chi connectivity index (χ2n) is 3.96. The number of methoxy groups -OCH3 is 1. The Morgan fingerprint density at radius 3 is 2.80 bits per heavy atom. The van der Waals surface area contributed by atoms with E-state index >= 15 is 0 Å². The van der Waals surface area contributed by atoms with E-state index in [9.17, 15) is 9.18 Å². The van der Waals surface area contributed by atoms with Crippen LogP contribution in [-0.4, -0.2) is 19.2 Å². The number of nitrogens with one attached hydrogen (secondary N) is 1. The van der Waals surface area contributed by atoms with Gasteiger partial charge in [-0.05, 0) is 29.8 Å². The van der Waals surface area contributed by atoms with Crippen LogP contribution in [0.2, 0.25) is 0 Å². The largest absolute Gasteiger partial charge is 0.497 e. The van der Waals surface area contributed by atoms with Crippen molar-refractivity contribution in [2.75, 3.05) is 7.11 Å². The number of hydrogen-bond donors (Lipinski definition) is 1. The van der Waals surface area contributed by atoms with Gasteiger partial charge in [0.2, 0.25) is 0 Å². The van der Waals surface area contributed by atoms with Gasteiger partial charge in [-0.3, -0.25) is 4.79 Å². The molecule has 0 heterocycles. The van der Waals surface area contributed by atoms with Crippen molar-refractivity contribution in [2.45, 2.75) is 0 Å². The number of nitrogens with zero attached hydrogens (tertiary/aromatic N) is 1. The van der Waals surface area contributed by atoms with E-state index in [4.69, 9.17) is 4.74 Å². The summed E-state index contributed by atoms with van der Waals surface area (Å²) in [6, 6.07) is 12.9. The van der Waals surface area contributed by atoms with Crippen LogP contribution in [0.1, 0.15) is 15.9 Å². The minimum atomic E-state index is -0.595. The molecule has 2 rings (SSSR count). The summed E-state index contributed by atoms with van der Waals surface area (Å²) >= 11 is 0. The molecule has 4 nitrogen and oxygen atoms in total. The van der Waals surface area contributed by atoms with Gasteiger partial charge in [0.25, 0.3) is 5.91 Å². The van der Waals surface area contributed by atoms with Crippen LogP contribution in [0.15, 0.2) is 53.6 Å². The number of hydrazone groups is 1. The van der Waals surface area contributed by atoms with Gasteiger partial charge in [-0.1, -0.05) is 24.3 Å². The highest BCUT2D eigenvalue weighted by atomic mass is 19.1. The van der Waals surface area contributed by atoms with Gasteiger partial charge in [-0.2, -0.15) is 5.10 Å². The molecule has 0 saturated heterocycles. The Labute approximate surface area is 115 Å². The van der Waals surface area contributed by atoms with E-state index in [1.54, 1.807) is 37.4 Å². The van der Waals surface area contributed by atoms with Crippen LogP contribution in [0.3, 0.4) is 0 Å². The molecule has 0 spiro atoms. The lowest BCUT2D eigenvalue weighted by atomic mass is 10.2. The number of rotatable bonds is 4. The number of amides is 1. The molecule has 0 aromatic heterocycles. The lowest BCUT2D eigenvalue weighted by Crippen LogP contribution is -2.18. The predicted octanol–water partition coefficient (Wildman–Crippen LogP) is 2.60. The highest BCUT2D eigenvalue weighted by Gasteiger charge is 2.08. The minimum Gasteiger partial charge on any atom is -0.497 e. The van der Waals surface area contributed by atoms with E-state index in [0.717, 1.165) is 5.56 Å². The molecule has 0 bridgehead atoms. The summed E-state index contributed by atoms with van der Waals surface area (Å²) in [6.45, 7) is 0. The van der Waals surface area contributed by atoms with E-state index in [1.807, 2.05) is 0 Å². The number of halogens is 1. The molecule has 0 atom stereocenters. The first-order valence-corrected chi connectivity index (χ1v) is 5.92. The minimum absolute atomic E-state index is 0.0460. The van der Waals surface area contributed by atoms with Crippen LogP contribution >= 0.6 is 0 Å². The molecule has 0 saturated carbocycles. The third-order valence-corrected chi connectivity index (χ3v) is 2.59. The molecule has 0 unspecified atom stereocenters. The first-order chi connectivity index (χ1) is 9.70. The number of benzene rings is 2. The van der Waals surface area contributed by atoms with E-state index in [2.05, 4.69) is 10.5 Å². The van der Waals surface area contributed by atoms with E-state index < -0.39 is 11.7 Å². The Morgan fingerprint density at radius 2 is 2.05 bits per heavy atom. The molecule has 1 amide bonds. The van der Waals surface area contributed by atoms with Crippen molar-refractivity contribution in [3.05, 3.63) is 65.5 Å². The third kappa shape index (κ3) is 3.41. The molecule has 2 aromatic carbocycles. The first-order valence-electron chi connectivity index (χ1n) is 5.92. The zero-order valence-corrected chi connectivity index (χ0v) is 10.8. The van der Waals surface area contributed by atoms with Crippen molar-refractivity contribution in [3.8, 4) is 5.75 Å². The van der Waals surface area contributed by atoms with Gasteiger partial charge in [-0.25, -0.2) is 9.82 Å². The first kappa shape index (κ1) is 13.7. The quantitative estimate of drug-likeness (QED) is 0.687. The average Bonchev–Trinajstić information content (AvgIpc) is 2.48. The number of carbonyl (C=O) groups is 1. The molecular formula is C15H13FN2O2. The fourth-order valence-electron chi connectivity index (χ4n) is 1.59. The molecule has 0 radical (unpaired) electrons. The molecule has 1 N–H and O–H groups in total. The molecule has 0 aliphatic heterocycles. The summed E-state index contributed by atoms with van der Waals surface area (Å²) in [5.74, 6) is -0.488. The summed E-state index contributed by atoms with van der Waals surface area (Å²) in [4.78, 5) is 11.7. The second kappa shape index (κ2) is 6.47. The molecule has 102 valence electrons. The fourth-order valence-corrected chi connectivity index (χ4v) is 1.59. The van der Waals surface area contributed by atoms with Crippen LogP contribution in [0.25, 0.3) is 0 Å². The highest BCUT2D eigenvalue weighted by molar-refractivity contribution is 5.95. The van der Waals surface area contributed by atoms with Crippen LogP contribution in [0.5, 0.6) is 5.75 Å². The molecule has 0 fully saturated rings. The number of ether oxygens (including phenoxy) is 1. The predicted molar refractivity (Wildman–Crippen MR) is 74.5 cm³/mol. The van der Waals surface area contributed by atoms with Gasteiger partial charge in [0, 0.05) is 0 Å². The van der Waals surface area contributed by atoms with Gasteiger partial charge in [-0.15, -0.1) is 0 Å².